The lowest BCUT2D eigenvalue weighted by Crippen LogP contribution is -2.34. The summed E-state index contributed by atoms with van der Waals surface area (Å²) < 4.78 is 5.85. The maximum atomic E-state index is 11.8. The highest BCUT2D eigenvalue weighted by molar-refractivity contribution is 5.91. The number of hydrogen-bond donors (Lipinski definition) is 2. The Hall–Kier alpha value is -2.49. The Morgan fingerprint density at radius 2 is 1.86 bits per heavy atom. The van der Waals surface area contributed by atoms with Crippen LogP contribution in [0.15, 0.2) is 48.5 Å². The van der Waals surface area contributed by atoms with E-state index in [9.17, 15) is 4.79 Å². The number of carbonyl (C=O) groups excluding carboxylic acids is 1. The van der Waals surface area contributed by atoms with Crippen LogP contribution in [0.2, 0.25) is 0 Å². The van der Waals surface area contributed by atoms with E-state index in [4.69, 9.17) is 4.74 Å². The van der Waals surface area contributed by atoms with Crippen LogP contribution in [0.4, 0.5) is 10.5 Å². The third-order valence-corrected chi connectivity index (χ3v) is 2.77. The van der Waals surface area contributed by atoms with Crippen LogP contribution in [0, 0.1) is 6.92 Å². The largest absolute Gasteiger partial charge is 0.455 e. The molecule has 21 heavy (non-hydrogen) atoms. The van der Waals surface area contributed by atoms with Crippen molar-refractivity contribution in [2.45, 2.75) is 26.8 Å². The predicted molar refractivity (Wildman–Crippen MR) is 85.0 cm³/mol. The maximum Gasteiger partial charge on any atom is 0.319 e. The van der Waals surface area contributed by atoms with E-state index in [0.29, 0.717) is 11.4 Å². The summed E-state index contributed by atoms with van der Waals surface area (Å²) in [4.78, 5) is 11.8. The molecule has 0 unspecified atom stereocenters. The van der Waals surface area contributed by atoms with Gasteiger partial charge in [0.15, 0.2) is 5.75 Å². The zero-order chi connectivity index (χ0) is 15.2. The Bertz CT molecular complexity index is 624. The highest BCUT2D eigenvalue weighted by Gasteiger charge is 2.09. The van der Waals surface area contributed by atoms with Crippen molar-refractivity contribution in [2.75, 3.05) is 5.32 Å². The van der Waals surface area contributed by atoms with Crippen molar-refractivity contribution in [3.63, 3.8) is 0 Å². The van der Waals surface area contributed by atoms with E-state index in [1.54, 1.807) is 0 Å². The fourth-order valence-corrected chi connectivity index (χ4v) is 1.89. The van der Waals surface area contributed by atoms with Gasteiger partial charge in [0, 0.05) is 6.04 Å². The van der Waals surface area contributed by atoms with E-state index in [1.807, 2.05) is 69.3 Å². The molecule has 0 saturated heterocycles. The fraction of sp³-hybridized carbons (Fsp3) is 0.235. The SMILES string of the molecule is Cc1cccc(Oc2ccccc2NC(=O)NC(C)C)c1. The minimum atomic E-state index is -0.245. The maximum absolute atomic E-state index is 11.8. The first kappa shape index (κ1) is 14.9. The van der Waals surface area contributed by atoms with Crippen molar-refractivity contribution < 1.29 is 9.53 Å². The number of benzene rings is 2. The monoisotopic (exact) mass is 284 g/mol. The first-order chi connectivity index (χ1) is 10.0. The fourth-order valence-electron chi connectivity index (χ4n) is 1.89. The van der Waals surface area contributed by atoms with Crippen LogP contribution in [-0.4, -0.2) is 12.1 Å². The minimum absolute atomic E-state index is 0.0786. The summed E-state index contributed by atoms with van der Waals surface area (Å²) in [6, 6.07) is 15.0. The number of carbonyl (C=O) groups is 1. The summed E-state index contributed by atoms with van der Waals surface area (Å²) in [7, 11) is 0. The lowest BCUT2D eigenvalue weighted by atomic mass is 10.2. The second kappa shape index (κ2) is 6.79. The topological polar surface area (TPSA) is 50.4 Å². The van der Waals surface area contributed by atoms with Crippen molar-refractivity contribution in [2.24, 2.45) is 0 Å². The molecule has 0 radical (unpaired) electrons. The van der Waals surface area contributed by atoms with Crippen molar-refractivity contribution >= 4 is 11.7 Å². The number of anilines is 1. The lowest BCUT2D eigenvalue weighted by Gasteiger charge is -2.14. The van der Waals surface area contributed by atoms with Gasteiger partial charge in [-0.15, -0.1) is 0 Å². The first-order valence-electron chi connectivity index (χ1n) is 6.95. The Morgan fingerprint density at radius 3 is 2.57 bits per heavy atom. The van der Waals surface area contributed by atoms with Crippen LogP contribution in [0.25, 0.3) is 0 Å². The molecule has 0 aromatic heterocycles. The van der Waals surface area contributed by atoms with E-state index in [0.717, 1.165) is 11.3 Å². The van der Waals surface area contributed by atoms with E-state index in [1.165, 1.54) is 0 Å². The summed E-state index contributed by atoms with van der Waals surface area (Å²) in [5.74, 6) is 1.36. The Morgan fingerprint density at radius 1 is 1.10 bits per heavy atom. The van der Waals surface area contributed by atoms with Gasteiger partial charge in [-0.25, -0.2) is 4.79 Å². The molecule has 0 spiro atoms. The van der Waals surface area contributed by atoms with Gasteiger partial charge in [0.05, 0.1) is 5.69 Å². The van der Waals surface area contributed by atoms with E-state index in [-0.39, 0.29) is 12.1 Å². The third-order valence-electron chi connectivity index (χ3n) is 2.77. The first-order valence-corrected chi connectivity index (χ1v) is 6.95. The number of amides is 2. The molecule has 0 aliphatic carbocycles. The molecule has 0 atom stereocenters. The van der Waals surface area contributed by atoms with Crippen molar-refractivity contribution in [3.8, 4) is 11.5 Å². The van der Waals surface area contributed by atoms with Crippen molar-refractivity contribution in [1.82, 2.24) is 5.32 Å². The molecule has 2 N–H and O–H groups in total. The van der Waals surface area contributed by atoms with Gasteiger partial charge in [-0.05, 0) is 50.6 Å². The zero-order valence-corrected chi connectivity index (χ0v) is 12.5. The molecule has 110 valence electrons. The number of hydrogen-bond acceptors (Lipinski definition) is 2. The van der Waals surface area contributed by atoms with Crippen molar-refractivity contribution in [1.29, 1.82) is 0 Å². The average Bonchev–Trinajstić information content (AvgIpc) is 2.40. The van der Waals surface area contributed by atoms with Crippen LogP contribution in [0.5, 0.6) is 11.5 Å². The van der Waals surface area contributed by atoms with Gasteiger partial charge in [-0.2, -0.15) is 0 Å². The number of urea groups is 1. The summed E-state index contributed by atoms with van der Waals surface area (Å²) in [6.07, 6.45) is 0. The third kappa shape index (κ3) is 4.53. The highest BCUT2D eigenvalue weighted by atomic mass is 16.5. The molecule has 0 saturated carbocycles. The molecular weight excluding hydrogens is 264 g/mol. The van der Waals surface area contributed by atoms with Crippen LogP contribution < -0.4 is 15.4 Å². The van der Waals surface area contributed by atoms with E-state index < -0.39 is 0 Å². The molecule has 0 bridgehead atoms. The highest BCUT2D eigenvalue weighted by Crippen LogP contribution is 2.29. The summed E-state index contributed by atoms with van der Waals surface area (Å²) >= 11 is 0. The van der Waals surface area contributed by atoms with Crippen LogP contribution in [0.1, 0.15) is 19.4 Å². The molecule has 0 fully saturated rings. The molecule has 0 heterocycles. The number of ether oxygens (including phenoxy) is 1. The number of para-hydroxylation sites is 2. The number of rotatable bonds is 4. The van der Waals surface area contributed by atoms with E-state index >= 15 is 0 Å². The zero-order valence-electron chi connectivity index (χ0n) is 12.5. The molecule has 2 aromatic rings. The second-order valence-electron chi connectivity index (χ2n) is 5.17. The van der Waals surface area contributed by atoms with Crippen molar-refractivity contribution in [3.05, 3.63) is 54.1 Å². The van der Waals surface area contributed by atoms with Crippen LogP contribution in [-0.2, 0) is 0 Å². The summed E-state index contributed by atoms with van der Waals surface area (Å²) in [5, 5.41) is 5.59. The number of aryl methyl sites for hydroxylation is 1. The average molecular weight is 284 g/mol. The standard InChI is InChI=1S/C17H20N2O2/c1-12(2)18-17(20)19-15-9-4-5-10-16(15)21-14-8-6-7-13(3)11-14/h4-12H,1-3H3,(H2,18,19,20). The van der Waals surface area contributed by atoms with Gasteiger partial charge in [-0.3, -0.25) is 0 Å². The second-order valence-corrected chi connectivity index (χ2v) is 5.17. The smallest absolute Gasteiger partial charge is 0.319 e. The van der Waals surface area contributed by atoms with Gasteiger partial charge in [0.25, 0.3) is 0 Å². The number of nitrogens with one attached hydrogen (secondary N) is 2. The Balaban J connectivity index is 2.15. The van der Waals surface area contributed by atoms with Crippen LogP contribution in [0.3, 0.4) is 0 Å². The Labute approximate surface area is 125 Å². The molecule has 2 rings (SSSR count). The lowest BCUT2D eigenvalue weighted by molar-refractivity contribution is 0.250. The molecule has 0 aliphatic rings. The van der Waals surface area contributed by atoms with Gasteiger partial charge in [0.1, 0.15) is 5.75 Å². The van der Waals surface area contributed by atoms with Gasteiger partial charge in [0.2, 0.25) is 0 Å². The summed E-state index contributed by atoms with van der Waals surface area (Å²) in [6.45, 7) is 5.83. The molecule has 4 nitrogen and oxygen atoms in total. The van der Waals surface area contributed by atoms with Gasteiger partial charge >= 0.3 is 6.03 Å². The molecular formula is C17H20N2O2. The molecule has 2 amide bonds. The molecule has 2 aromatic carbocycles. The van der Waals surface area contributed by atoms with Gasteiger partial charge in [-0.1, -0.05) is 24.3 Å². The van der Waals surface area contributed by atoms with E-state index in [2.05, 4.69) is 10.6 Å². The van der Waals surface area contributed by atoms with Crippen LogP contribution >= 0.6 is 0 Å². The quantitative estimate of drug-likeness (QED) is 0.878. The predicted octanol–water partition coefficient (Wildman–Crippen LogP) is 4.32. The summed E-state index contributed by atoms with van der Waals surface area (Å²) in [5.41, 5.74) is 1.76. The molecule has 4 heteroatoms. The van der Waals surface area contributed by atoms with Gasteiger partial charge < -0.3 is 15.4 Å². The molecule has 0 aliphatic heterocycles. The normalized spacial score (nSPS) is 10.3. The Kier molecular flexibility index (Phi) is 4.82. The minimum Gasteiger partial charge on any atom is -0.455 e.